The average molecular weight is 668 g/mol. The van der Waals surface area contributed by atoms with Gasteiger partial charge in [0.15, 0.2) is 17.5 Å². The van der Waals surface area contributed by atoms with Crippen molar-refractivity contribution in [3.05, 3.63) is 170 Å². The smallest absolute Gasteiger partial charge is 0.164 e. The second-order valence-corrected chi connectivity index (χ2v) is 13.0. The van der Waals surface area contributed by atoms with Crippen LogP contribution in [0.15, 0.2) is 174 Å². The molecule has 0 saturated carbocycles. The Labute approximate surface area is 299 Å². The van der Waals surface area contributed by atoms with Crippen molar-refractivity contribution in [2.24, 2.45) is 0 Å². The van der Waals surface area contributed by atoms with E-state index < -0.39 is 0 Å². The molecule has 0 unspecified atom stereocenters. The van der Waals surface area contributed by atoms with Gasteiger partial charge in [-0.2, -0.15) is 0 Å². The van der Waals surface area contributed by atoms with Crippen molar-refractivity contribution in [1.82, 2.24) is 15.0 Å². The predicted molar refractivity (Wildman–Crippen MR) is 211 cm³/mol. The molecule has 0 atom stereocenters. The van der Waals surface area contributed by atoms with Gasteiger partial charge in [-0.05, 0) is 80.7 Å². The number of hydrogen-bond acceptors (Lipinski definition) is 5. The molecule has 0 bridgehead atoms. The van der Waals surface area contributed by atoms with E-state index in [1.807, 2.05) is 91.0 Å². The van der Waals surface area contributed by atoms with Gasteiger partial charge >= 0.3 is 0 Å². The maximum atomic E-state index is 11.9. The predicted octanol–water partition coefficient (Wildman–Crippen LogP) is 12.1. The van der Waals surface area contributed by atoms with Gasteiger partial charge in [-0.15, -0.1) is 0 Å². The summed E-state index contributed by atoms with van der Waals surface area (Å²) in [6.45, 7) is 0. The fourth-order valence-corrected chi connectivity index (χ4v) is 7.20. The van der Waals surface area contributed by atoms with Crippen LogP contribution in [-0.2, 0) is 0 Å². The molecule has 10 rings (SSSR count). The van der Waals surface area contributed by atoms with Crippen LogP contribution >= 0.6 is 0 Å². The van der Waals surface area contributed by atoms with E-state index in [0.717, 1.165) is 71.3 Å². The third-order valence-corrected chi connectivity index (χ3v) is 9.78. The van der Waals surface area contributed by atoms with Gasteiger partial charge in [0, 0.05) is 33.0 Å². The second kappa shape index (κ2) is 12.0. The number of nitrogens with zero attached hydrogens (tertiary/aromatic N) is 3. The van der Waals surface area contributed by atoms with Crippen LogP contribution < -0.4 is 0 Å². The van der Waals surface area contributed by atoms with Crippen LogP contribution in [0.4, 0.5) is 0 Å². The molecule has 2 aromatic heterocycles. The lowest BCUT2D eigenvalue weighted by atomic mass is 9.92. The van der Waals surface area contributed by atoms with E-state index in [1.54, 1.807) is 0 Å². The topological polar surface area (TPSA) is 72.0 Å². The molecule has 0 aliphatic heterocycles. The van der Waals surface area contributed by atoms with E-state index in [-0.39, 0.29) is 5.75 Å². The van der Waals surface area contributed by atoms with Crippen molar-refractivity contribution in [1.29, 1.82) is 0 Å². The van der Waals surface area contributed by atoms with E-state index in [2.05, 4.69) is 78.9 Å². The molecular formula is C47H29N3O2. The first-order chi connectivity index (χ1) is 25.6. The zero-order chi connectivity index (χ0) is 34.6. The van der Waals surface area contributed by atoms with Crippen molar-refractivity contribution >= 4 is 43.5 Å². The van der Waals surface area contributed by atoms with Crippen LogP contribution in [0.1, 0.15) is 0 Å². The summed E-state index contributed by atoms with van der Waals surface area (Å²) >= 11 is 0. The summed E-state index contributed by atoms with van der Waals surface area (Å²) in [5, 5.41) is 18.4. The molecule has 5 nitrogen and oxygen atoms in total. The van der Waals surface area contributed by atoms with Crippen LogP contribution in [-0.4, -0.2) is 20.1 Å². The second-order valence-electron chi connectivity index (χ2n) is 13.0. The Kier molecular flexibility index (Phi) is 6.89. The molecule has 0 amide bonds. The fourth-order valence-electron chi connectivity index (χ4n) is 7.20. The van der Waals surface area contributed by atoms with Gasteiger partial charge in [0.05, 0.1) is 0 Å². The molecule has 0 radical (unpaired) electrons. The maximum absolute atomic E-state index is 11.9. The molecule has 8 aromatic carbocycles. The minimum atomic E-state index is 0.135. The summed E-state index contributed by atoms with van der Waals surface area (Å²) in [6.07, 6.45) is 0. The lowest BCUT2D eigenvalue weighted by Gasteiger charge is -2.16. The quantitative estimate of drug-likeness (QED) is 0.198. The summed E-state index contributed by atoms with van der Waals surface area (Å²) in [7, 11) is 0. The first kappa shape index (κ1) is 29.8. The monoisotopic (exact) mass is 667 g/mol. The molecule has 1 N–H and O–H groups in total. The Hall–Kier alpha value is -7.11. The third kappa shape index (κ3) is 5.15. The highest BCUT2D eigenvalue weighted by molar-refractivity contribution is 6.06. The third-order valence-electron chi connectivity index (χ3n) is 9.78. The number of fused-ring (bicyclic) bond motifs is 5. The molecule has 244 valence electrons. The van der Waals surface area contributed by atoms with Gasteiger partial charge in [-0.1, -0.05) is 127 Å². The number of hydrogen-bond donors (Lipinski definition) is 1. The van der Waals surface area contributed by atoms with E-state index in [0.29, 0.717) is 28.6 Å². The number of para-hydroxylation sites is 1. The SMILES string of the molecule is Oc1cc(-c2ccc3oc4ccccc4c3c2)cc(-c2nc(-c3ccc4ccccc4c3)nc(-c3ccc4ccccc4c3)n2)c1-c1ccccc1. The Balaban J connectivity index is 1.23. The van der Waals surface area contributed by atoms with E-state index in [9.17, 15) is 5.11 Å². The largest absolute Gasteiger partial charge is 0.507 e. The van der Waals surface area contributed by atoms with Crippen molar-refractivity contribution in [2.45, 2.75) is 0 Å². The van der Waals surface area contributed by atoms with E-state index in [4.69, 9.17) is 19.4 Å². The van der Waals surface area contributed by atoms with Gasteiger partial charge < -0.3 is 9.52 Å². The summed E-state index contributed by atoms with van der Waals surface area (Å²) in [5.74, 6) is 1.70. The molecule has 0 spiro atoms. The van der Waals surface area contributed by atoms with Crippen LogP contribution in [0.25, 0.3) is 99.9 Å². The average Bonchev–Trinajstić information content (AvgIpc) is 3.58. The van der Waals surface area contributed by atoms with Crippen LogP contribution in [0.5, 0.6) is 5.75 Å². The summed E-state index contributed by atoms with van der Waals surface area (Å²) in [6, 6.07) is 57.1. The number of phenolic OH excluding ortho intramolecular Hbond substituents is 1. The number of rotatable bonds is 5. The van der Waals surface area contributed by atoms with Gasteiger partial charge in [-0.3, -0.25) is 0 Å². The molecule has 0 fully saturated rings. The lowest BCUT2D eigenvalue weighted by Crippen LogP contribution is -2.02. The minimum absolute atomic E-state index is 0.135. The molecule has 0 aliphatic carbocycles. The Morgan fingerprint density at radius 2 is 0.923 bits per heavy atom. The van der Waals surface area contributed by atoms with Crippen LogP contribution in [0.2, 0.25) is 0 Å². The molecule has 0 saturated heterocycles. The van der Waals surface area contributed by atoms with Gasteiger partial charge in [0.2, 0.25) is 0 Å². The lowest BCUT2D eigenvalue weighted by molar-refractivity contribution is 0.477. The Morgan fingerprint density at radius 3 is 1.62 bits per heavy atom. The highest BCUT2D eigenvalue weighted by Gasteiger charge is 2.21. The highest BCUT2D eigenvalue weighted by Crippen LogP contribution is 2.43. The molecule has 5 heteroatoms. The van der Waals surface area contributed by atoms with Crippen LogP contribution in [0.3, 0.4) is 0 Å². The highest BCUT2D eigenvalue weighted by atomic mass is 16.3. The number of furan rings is 1. The molecule has 2 heterocycles. The molecular weight excluding hydrogens is 639 g/mol. The molecule has 52 heavy (non-hydrogen) atoms. The van der Waals surface area contributed by atoms with Crippen molar-refractivity contribution in [3.8, 4) is 62.2 Å². The standard InChI is InChI=1S/C47H29N3O2/c51-41-28-37(34-22-23-43-39(26-34)38-16-8-9-17-42(38)52-43)27-40(44(41)31-12-2-1-3-13-31)47-49-45(35-20-18-29-10-4-6-14-32(29)24-35)48-46(50-47)36-21-19-30-11-5-7-15-33(30)25-36/h1-28,51H. The Bertz CT molecular complexity index is 2890. The van der Waals surface area contributed by atoms with Crippen molar-refractivity contribution in [3.63, 3.8) is 0 Å². The number of phenols is 1. The van der Waals surface area contributed by atoms with Crippen molar-refractivity contribution in [2.75, 3.05) is 0 Å². The number of aromatic nitrogens is 3. The van der Waals surface area contributed by atoms with Gasteiger partial charge in [0.1, 0.15) is 16.9 Å². The zero-order valence-electron chi connectivity index (χ0n) is 27.9. The van der Waals surface area contributed by atoms with E-state index >= 15 is 0 Å². The first-order valence-corrected chi connectivity index (χ1v) is 17.2. The fraction of sp³-hybridized carbons (Fsp3) is 0. The summed E-state index contributed by atoms with van der Waals surface area (Å²) in [4.78, 5) is 15.4. The summed E-state index contributed by atoms with van der Waals surface area (Å²) in [5.41, 5.74) is 7.39. The van der Waals surface area contributed by atoms with Gasteiger partial charge in [-0.25, -0.2) is 15.0 Å². The summed E-state index contributed by atoms with van der Waals surface area (Å²) < 4.78 is 6.12. The molecule has 10 aromatic rings. The van der Waals surface area contributed by atoms with Gasteiger partial charge in [0.25, 0.3) is 0 Å². The maximum Gasteiger partial charge on any atom is 0.164 e. The minimum Gasteiger partial charge on any atom is -0.507 e. The first-order valence-electron chi connectivity index (χ1n) is 17.2. The number of aromatic hydroxyl groups is 1. The van der Waals surface area contributed by atoms with Crippen LogP contribution in [0, 0.1) is 0 Å². The normalized spacial score (nSPS) is 11.5. The number of benzene rings is 8. The molecule has 0 aliphatic rings. The van der Waals surface area contributed by atoms with E-state index in [1.165, 1.54) is 0 Å². The zero-order valence-corrected chi connectivity index (χ0v) is 27.9. The van der Waals surface area contributed by atoms with Crippen molar-refractivity contribution < 1.29 is 9.52 Å². The Morgan fingerprint density at radius 1 is 0.365 bits per heavy atom.